The van der Waals surface area contributed by atoms with E-state index >= 15 is 0 Å². The van der Waals surface area contributed by atoms with Crippen LogP contribution in [0.2, 0.25) is 0 Å². The van der Waals surface area contributed by atoms with Gasteiger partial charge in [0, 0.05) is 0 Å². The SMILES string of the molecule is CCCNCC(Cc1ccccc1F)C1CCCCC1. The molecule has 0 aromatic heterocycles. The van der Waals surface area contributed by atoms with Crippen LogP contribution in [-0.4, -0.2) is 13.1 Å². The largest absolute Gasteiger partial charge is 0.316 e. The molecule has 1 aromatic rings. The maximum absolute atomic E-state index is 13.9. The number of nitrogens with one attached hydrogen (secondary N) is 1. The van der Waals surface area contributed by atoms with Crippen molar-refractivity contribution in [3.05, 3.63) is 35.6 Å². The first kappa shape index (κ1) is 15.5. The highest BCUT2D eigenvalue weighted by Crippen LogP contribution is 2.32. The van der Waals surface area contributed by atoms with Crippen LogP contribution in [0.1, 0.15) is 51.0 Å². The van der Waals surface area contributed by atoms with Crippen molar-refractivity contribution in [3.63, 3.8) is 0 Å². The van der Waals surface area contributed by atoms with Crippen LogP contribution in [0.25, 0.3) is 0 Å². The van der Waals surface area contributed by atoms with E-state index in [0.29, 0.717) is 5.92 Å². The van der Waals surface area contributed by atoms with Crippen LogP contribution < -0.4 is 5.32 Å². The molecule has 0 radical (unpaired) electrons. The highest BCUT2D eigenvalue weighted by molar-refractivity contribution is 5.18. The molecule has 1 unspecified atom stereocenters. The average Bonchev–Trinajstić information content (AvgIpc) is 2.49. The molecule has 1 nitrogen and oxygen atoms in total. The molecular weight excluding hydrogens is 249 g/mol. The third-order valence-corrected chi connectivity index (χ3v) is 4.59. The molecule has 1 fully saturated rings. The summed E-state index contributed by atoms with van der Waals surface area (Å²) in [4.78, 5) is 0. The average molecular weight is 277 g/mol. The van der Waals surface area contributed by atoms with E-state index < -0.39 is 0 Å². The Bertz CT molecular complexity index is 385. The molecular formula is C18H28FN. The van der Waals surface area contributed by atoms with E-state index in [1.165, 1.54) is 32.1 Å². The summed E-state index contributed by atoms with van der Waals surface area (Å²) >= 11 is 0. The van der Waals surface area contributed by atoms with Crippen LogP contribution in [0.5, 0.6) is 0 Å². The minimum absolute atomic E-state index is 0.0381. The third kappa shape index (κ3) is 4.59. The number of hydrogen-bond donors (Lipinski definition) is 1. The van der Waals surface area contributed by atoms with E-state index in [9.17, 15) is 4.39 Å². The van der Waals surface area contributed by atoms with Gasteiger partial charge in [0.1, 0.15) is 5.82 Å². The number of hydrogen-bond acceptors (Lipinski definition) is 1. The van der Waals surface area contributed by atoms with Crippen molar-refractivity contribution in [1.29, 1.82) is 0 Å². The molecule has 1 saturated carbocycles. The summed E-state index contributed by atoms with van der Waals surface area (Å²) in [6, 6.07) is 7.28. The van der Waals surface area contributed by atoms with Gasteiger partial charge in [-0.05, 0) is 49.4 Å². The second-order valence-electron chi connectivity index (χ2n) is 6.16. The van der Waals surface area contributed by atoms with Gasteiger partial charge < -0.3 is 5.32 Å². The zero-order valence-electron chi connectivity index (χ0n) is 12.7. The van der Waals surface area contributed by atoms with Gasteiger partial charge in [-0.25, -0.2) is 4.39 Å². The minimum Gasteiger partial charge on any atom is -0.316 e. The zero-order valence-corrected chi connectivity index (χ0v) is 12.7. The Morgan fingerprint density at radius 1 is 1.20 bits per heavy atom. The van der Waals surface area contributed by atoms with Gasteiger partial charge in [-0.15, -0.1) is 0 Å². The lowest BCUT2D eigenvalue weighted by Crippen LogP contribution is -2.31. The fourth-order valence-corrected chi connectivity index (χ4v) is 3.42. The molecule has 1 atom stereocenters. The van der Waals surface area contributed by atoms with Crippen LogP contribution in [0.3, 0.4) is 0 Å². The summed E-state index contributed by atoms with van der Waals surface area (Å²) in [5.74, 6) is 1.32. The second-order valence-corrected chi connectivity index (χ2v) is 6.16. The summed E-state index contributed by atoms with van der Waals surface area (Å²) in [5.41, 5.74) is 0.890. The van der Waals surface area contributed by atoms with Gasteiger partial charge in [0.15, 0.2) is 0 Å². The van der Waals surface area contributed by atoms with Gasteiger partial charge in [-0.3, -0.25) is 0 Å². The maximum Gasteiger partial charge on any atom is 0.126 e. The van der Waals surface area contributed by atoms with Crippen molar-refractivity contribution in [3.8, 4) is 0 Å². The standard InChI is InChI=1S/C18H28FN/c1-2-12-20-14-17(15-8-4-3-5-9-15)13-16-10-6-7-11-18(16)19/h6-7,10-11,15,17,20H,2-5,8-9,12-14H2,1H3. The van der Waals surface area contributed by atoms with Crippen molar-refractivity contribution in [2.75, 3.05) is 13.1 Å². The predicted octanol–water partition coefficient (Wildman–Crippen LogP) is 4.56. The zero-order chi connectivity index (χ0) is 14.2. The monoisotopic (exact) mass is 277 g/mol. The summed E-state index contributed by atoms with van der Waals surface area (Å²) in [6.07, 6.45) is 8.79. The Hall–Kier alpha value is -0.890. The predicted molar refractivity (Wildman–Crippen MR) is 83.3 cm³/mol. The highest BCUT2D eigenvalue weighted by Gasteiger charge is 2.24. The lowest BCUT2D eigenvalue weighted by atomic mass is 9.77. The number of rotatable bonds is 7. The van der Waals surface area contributed by atoms with E-state index in [-0.39, 0.29) is 5.82 Å². The molecule has 1 aliphatic rings. The second kappa shape index (κ2) is 8.41. The van der Waals surface area contributed by atoms with Crippen LogP contribution in [0, 0.1) is 17.7 Å². The molecule has 0 amide bonds. The molecule has 0 spiro atoms. The molecule has 2 rings (SSSR count). The van der Waals surface area contributed by atoms with E-state index in [1.807, 2.05) is 12.1 Å². The summed E-state index contributed by atoms with van der Waals surface area (Å²) in [6.45, 7) is 4.30. The Morgan fingerprint density at radius 2 is 1.95 bits per heavy atom. The molecule has 0 heterocycles. The fourth-order valence-electron chi connectivity index (χ4n) is 3.42. The van der Waals surface area contributed by atoms with E-state index in [4.69, 9.17) is 0 Å². The molecule has 1 aromatic carbocycles. The molecule has 2 heteroatoms. The Balaban J connectivity index is 1.99. The fraction of sp³-hybridized carbons (Fsp3) is 0.667. The topological polar surface area (TPSA) is 12.0 Å². The lowest BCUT2D eigenvalue weighted by Gasteiger charge is -2.31. The van der Waals surface area contributed by atoms with Gasteiger partial charge in [0.2, 0.25) is 0 Å². The first-order valence-electron chi connectivity index (χ1n) is 8.25. The first-order valence-corrected chi connectivity index (χ1v) is 8.25. The van der Waals surface area contributed by atoms with Crippen LogP contribution in [-0.2, 0) is 6.42 Å². The quantitative estimate of drug-likeness (QED) is 0.720. The summed E-state index contributed by atoms with van der Waals surface area (Å²) in [7, 11) is 0. The Morgan fingerprint density at radius 3 is 2.65 bits per heavy atom. The van der Waals surface area contributed by atoms with Crippen LogP contribution in [0.4, 0.5) is 4.39 Å². The van der Waals surface area contributed by atoms with Crippen molar-refractivity contribution in [2.45, 2.75) is 51.9 Å². The lowest BCUT2D eigenvalue weighted by molar-refractivity contribution is 0.238. The Kier molecular flexibility index (Phi) is 6.52. The van der Waals surface area contributed by atoms with Gasteiger partial charge >= 0.3 is 0 Å². The van der Waals surface area contributed by atoms with Crippen LogP contribution in [0.15, 0.2) is 24.3 Å². The molecule has 0 bridgehead atoms. The van der Waals surface area contributed by atoms with Gasteiger partial charge in [-0.2, -0.15) is 0 Å². The molecule has 20 heavy (non-hydrogen) atoms. The normalized spacial score (nSPS) is 18.1. The summed E-state index contributed by atoms with van der Waals surface area (Å²) in [5, 5.41) is 3.55. The smallest absolute Gasteiger partial charge is 0.126 e. The maximum atomic E-state index is 13.9. The highest BCUT2D eigenvalue weighted by atomic mass is 19.1. The molecule has 1 aliphatic carbocycles. The van der Waals surface area contributed by atoms with Gasteiger partial charge in [0.05, 0.1) is 0 Å². The first-order chi connectivity index (χ1) is 9.81. The van der Waals surface area contributed by atoms with Gasteiger partial charge in [-0.1, -0.05) is 57.2 Å². The van der Waals surface area contributed by atoms with Crippen molar-refractivity contribution < 1.29 is 4.39 Å². The van der Waals surface area contributed by atoms with E-state index in [2.05, 4.69) is 12.2 Å². The van der Waals surface area contributed by atoms with Crippen molar-refractivity contribution in [2.24, 2.45) is 11.8 Å². The number of benzene rings is 1. The number of halogens is 1. The molecule has 0 saturated heterocycles. The minimum atomic E-state index is -0.0381. The van der Waals surface area contributed by atoms with Crippen molar-refractivity contribution >= 4 is 0 Å². The van der Waals surface area contributed by atoms with Gasteiger partial charge in [0.25, 0.3) is 0 Å². The van der Waals surface area contributed by atoms with Crippen LogP contribution >= 0.6 is 0 Å². The third-order valence-electron chi connectivity index (χ3n) is 4.59. The van der Waals surface area contributed by atoms with Crippen molar-refractivity contribution in [1.82, 2.24) is 5.32 Å². The van der Waals surface area contributed by atoms with E-state index in [0.717, 1.165) is 37.4 Å². The molecule has 112 valence electrons. The molecule has 1 N–H and O–H groups in total. The Labute approximate surface area is 123 Å². The van der Waals surface area contributed by atoms with E-state index in [1.54, 1.807) is 12.1 Å². The summed E-state index contributed by atoms with van der Waals surface area (Å²) < 4.78 is 13.9. The molecule has 0 aliphatic heterocycles.